The molecular weight excluding hydrogens is 1610 g/mol. The Morgan fingerprint density at radius 1 is 0.496 bits per heavy atom. The highest BCUT2D eigenvalue weighted by Crippen LogP contribution is 2.42. The summed E-state index contributed by atoms with van der Waals surface area (Å²) >= 11 is 0. The standard InChI is InChI=1S/C60H66N4O8.C40H50N8O6.CH4/c1-38-17-14-22-43(33-38)54-47-34-39(35-51(65)49-23-15-31-63(49)57(69)45(40-18-10-8-11-19-40)36-52(66)71-59(2,3)4)25-30-48(47)62-55(54)42-26-28-44(29-27-42)61-56(68)50-24-16-32-64(50)58(70)46(41-20-12-9-13-21-41)37-53(67)72-60(5,6)7;1-23(2)34(45-33(50)22-49)38(51)47-18-6-8-31(47)36-41-20-29(43-36)27-14-10-25(11-15-27)26-12-16-28(17-13-26)30-21-42-37(44-30)32-9-7-19-48(32)39(52)35(24(3)4)46-40(53)54-5;/h8-14,17-22,25-30,33-34,45-46,49-50,62H,15-16,23-24,31-32,35-37H2,1-7H3,(H,61,68);10-17,20-21,23-24,31-32,34-35,49H,6-9,18-19,22H2,1-5H3,(H,41,43)(H,42,44)(H,45,50)(H,46,53);1H4/t45-,46-,49+,50+;31-,32?,34?,35+;/m11./s1. The lowest BCUT2D eigenvalue weighted by atomic mass is 9.92. The number of aliphatic hydroxyl groups excluding tert-OH is 1. The summed E-state index contributed by atoms with van der Waals surface area (Å²) < 4.78 is 16.0. The van der Waals surface area contributed by atoms with Crippen LogP contribution in [0.3, 0.4) is 0 Å². The fourth-order valence-corrected chi connectivity index (χ4v) is 17.6. The number of likely N-dealkylation sites (tertiary alicyclic amines) is 4. The number of fused-ring (bicyclic) bond motifs is 1. The number of imidazole rings is 2. The number of aromatic nitrogens is 5. The van der Waals surface area contributed by atoms with Crippen LogP contribution in [0.5, 0.6) is 0 Å². The number of methoxy groups -OCH3 is 1. The second-order valence-corrected chi connectivity index (χ2v) is 35.9. The quantitative estimate of drug-likeness (QED) is 0.0186. The topological polar surface area (TPSA) is 341 Å². The molecule has 7 N–H and O–H groups in total. The number of nitrogens with zero attached hydrogens (tertiary/aromatic N) is 6. The van der Waals surface area contributed by atoms with Crippen molar-refractivity contribution >= 4 is 75.8 Å². The highest BCUT2D eigenvalue weighted by molar-refractivity contribution is 6.06. The summed E-state index contributed by atoms with van der Waals surface area (Å²) in [6, 6.07) is 53.5. The molecule has 7 aromatic carbocycles. The van der Waals surface area contributed by atoms with Crippen LogP contribution in [0.15, 0.2) is 188 Å². The Morgan fingerprint density at radius 2 is 0.953 bits per heavy atom. The Hall–Kier alpha value is -12.8. The van der Waals surface area contributed by atoms with Crippen molar-refractivity contribution in [2.45, 2.75) is 214 Å². The number of aliphatic hydroxyl groups is 1. The zero-order valence-electron chi connectivity index (χ0n) is 73.9. The van der Waals surface area contributed by atoms with Crippen LogP contribution in [0.1, 0.15) is 199 Å². The number of hydrogen-bond acceptors (Lipinski definition) is 16. The Kier molecular flexibility index (Phi) is 30.2. The van der Waals surface area contributed by atoms with Crippen molar-refractivity contribution in [1.29, 1.82) is 0 Å². The molecule has 4 fully saturated rings. The zero-order valence-corrected chi connectivity index (χ0v) is 73.9. The van der Waals surface area contributed by atoms with Gasteiger partial charge in [-0.15, -0.1) is 0 Å². The lowest BCUT2D eigenvalue weighted by Gasteiger charge is -2.30. The van der Waals surface area contributed by atoms with Gasteiger partial charge < -0.3 is 69.8 Å². The number of ether oxygens (including phenoxy) is 3. The number of carbonyl (C=O) groups excluding carboxylic acids is 10. The van der Waals surface area contributed by atoms with Crippen molar-refractivity contribution in [3.8, 4) is 56.0 Å². The van der Waals surface area contributed by atoms with Gasteiger partial charge in [0.25, 0.3) is 0 Å². The van der Waals surface area contributed by atoms with Gasteiger partial charge >= 0.3 is 18.0 Å². The molecule has 4 aliphatic heterocycles. The third-order valence-electron chi connectivity index (χ3n) is 23.7. The number of carbonyl (C=O) groups is 10. The maximum atomic E-state index is 14.4. The van der Waals surface area contributed by atoms with Crippen LogP contribution in [-0.4, -0.2) is 184 Å². The van der Waals surface area contributed by atoms with Gasteiger partial charge in [-0.1, -0.05) is 192 Å². The van der Waals surface area contributed by atoms with Gasteiger partial charge in [0.2, 0.25) is 35.4 Å². The van der Waals surface area contributed by atoms with Crippen molar-refractivity contribution in [1.82, 2.24) is 55.2 Å². The highest BCUT2D eigenvalue weighted by atomic mass is 16.6. The van der Waals surface area contributed by atoms with E-state index in [2.05, 4.69) is 83.3 Å². The molecule has 0 bridgehead atoms. The van der Waals surface area contributed by atoms with Gasteiger partial charge in [0.15, 0.2) is 5.78 Å². The van der Waals surface area contributed by atoms with Crippen molar-refractivity contribution in [2.75, 3.05) is 45.2 Å². The smallest absolute Gasteiger partial charge is 0.407 e. The average Bonchev–Trinajstić information content (AvgIpc) is 1.61. The van der Waals surface area contributed by atoms with Crippen LogP contribution < -0.4 is 16.0 Å². The summed E-state index contributed by atoms with van der Waals surface area (Å²) in [4.78, 5) is 161. The van der Waals surface area contributed by atoms with E-state index in [-0.39, 0.29) is 85.9 Å². The first-order valence-corrected chi connectivity index (χ1v) is 43.8. The maximum Gasteiger partial charge on any atom is 0.407 e. The van der Waals surface area contributed by atoms with Crippen LogP contribution in [0.25, 0.3) is 66.9 Å². The molecule has 7 amide bonds. The molecule has 8 atom stereocenters. The number of benzene rings is 7. The Bertz CT molecular complexity index is 5410. The zero-order chi connectivity index (χ0) is 89.8. The lowest BCUT2D eigenvalue weighted by Crippen LogP contribution is -2.51. The molecule has 668 valence electrons. The summed E-state index contributed by atoms with van der Waals surface area (Å²) in [5.41, 5.74) is 12.8. The first-order chi connectivity index (χ1) is 60.3. The van der Waals surface area contributed by atoms with Crippen molar-refractivity contribution in [3.05, 3.63) is 222 Å². The van der Waals surface area contributed by atoms with Gasteiger partial charge in [-0.05, 0) is 186 Å². The van der Waals surface area contributed by atoms with E-state index in [1.807, 2.05) is 168 Å². The fraction of sp³-hybridized carbons (Fsp3) is 0.406. The van der Waals surface area contributed by atoms with E-state index in [0.717, 1.165) is 110 Å². The number of amides is 7. The molecule has 26 heteroatoms. The number of Topliss-reactive ketones (excluding diaryl/α,β-unsaturated/α-hetero) is 1. The summed E-state index contributed by atoms with van der Waals surface area (Å²) in [6.45, 7) is 21.7. The molecule has 0 spiro atoms. The summed E-state index contributed by atoms with van der Waals surface area (Å²) in [6.07, 6.45) is 8.40. The molecule has 2 unspecified atom stereocenters. The minimum absolute atomic E-state index is 0. The van der Waals surface area contributed by atoms with Gasteiger partial charge in [-0.25, -0.2) is 14.8 Å². The summed E-state index contributed by atoms with van der Waals surface area (Å²) in [7, 11) is 1.29. The SMILES string of the molecule is C.COC(=O)N[C@H](C(=O)N1CCCC1c1ncc(-c2ccc(-c3ccc(-c4cnc([C@H]5CCCN5C(=O)C(NC(=O)CO)C(C)C)[nH]4)cc3)cc2)[nH]1)C(C)C.Cc1cccc(-c2c(-c3ccc(NC(=O)[C@@H]4CCCN4C(=O)[C@H](CC(=O)OC(C)(C)C)c4ccccc4)cc3)[nH]c3ccc(CC(=O)[C@@H]4CCCN4C(=O)[C@H](CC(=O)OC(C)(C)C)c4ccccc4)cc23)c1. The number of aryl methyl sites for hydroxylation is 1. The van der Waals surface area contributed by atoms with Gasteiger partial charge in [-0.2, -0.15) is 0 Å². The van der Waals surface area contributed by atoms with Crippen molar-refractivity contribution in [2.24, 2.45) is 11.8 Å². The average molecular weight is 1730 g/mol. The van der Waals surface area contributed by atoms with E-state index < -0.39 is 77.8 Å². The number of nitrogens with one attached hydrogen (secondary N) is 6. The summed E-state index contributed by atoms with van der Waals surface area (Å²) in [5, 5.41) is 18.6. The molecule has 26 nitrogen and oxygen atoms in total. The number of rotatable bonds is 27. The first-order valence-electron chi connectivity index (χ1n) is 43.8. The summed E-state index contributed by atoms with van der Waals surface area (Å²) in [5.74, 6) is -3.11. The third kappa shape index (κ3) is 22.7. The van der Waals surface area contributed by atoms with Crippen molar-refractivity contribution in [3.63, 3.8) is 0 Å². The lowest BCUT2D eigenvalue weighted by molar-refractivity contribution is -0.158. The Labute approximate surface area is 743 Å². The maximum absolute atomic E-state index is 14.4. The van der Waals surface area contributed by atoms with E-state index in [4.69, 9.17) is 14.2 Å². The van der Waals surface area contributed by atoms with Crippen LogP contribution >= 0.6 is 0 Å². The van der Waals surface area contributed by atoms with Crippen LogP contribution in [0.4, 0.5) is 10.5 Å². The van der Waals surface area contributed by atoms with Gasteiger partial charge in [0.05, 0.1) is 79.4 Å². The minimum Gasteiger partial charge on any atom is -0.460 e. The van der Waals surface area contributed by atoms with E-state index in [9.17, 15) is 53.1 Å². The number of aromatic amines is 3. The van der Waals surface area contributed by atoms with Gasteiger partial charge in [0, 0.05) is 54.8 Å². The molecule has 127 heavy (non-hydrogen) atoms. The number of alkyl carbamates (subject to hydrolysis) is 1. The first kappa shape index (κ1) is 93.3. The normalized spacial score (nSPS) is 17.3. The molecule has 0 aliphatic carbocycles. The van der Waals surface area contributed by atoms with E-state index >= 15 is 0 Å². The molecular formula is C101H120N12O14. The van der Waals surface area contributed by atoms with E-state index in [1.54, 1.807) is 73.5 Å². The Morgan fingerprint density at radius 3 is 1.43 bits per heavy atom. The van der Waals surface area contributed by atoms with Crippen LogP contribution in [0.2, 0.25) is 0 Å². The second kappa shape index (κ2) is 41.1. The fourth-order valence-electron chi connectivity index (χ4n) is 17.6. The van der Waals surface area contributed by atoms with Crippen LogP contribution in [0, 0.1) is 18.8 Å². The number of esters is 2. The molecule has 0 radical (unpaired) electrons. The number of ketones is 1. The molecule has 0 saturated carbocycles. The largest absolute Gasteiger partial charge is 0.460 e. The van der Waals surface area contributed by atoms with Crippen LogP contribution in [-0.2, 0) is 63.8 Å². The Balaban J connectivity index is 0.000000238. The molecule has 4 saturated heterocycles. The van der Waals surface area contributed by atoms with E-state index in [0.29, 0.717) is 74.5 Å². The molecule has 4 aliphatic rings. The monoisotopic (exact) mass is 1720 g/mol. The highest BCUT2D eigenvalue weighted by Gasteiger charge is 2.44. The third-order valence-corrected chi connectivity index (χ3v) is 23.7. The molecule has 10 aromatic rings. The van der Waals surface area contributed by atoms with Gasteiger partial charge in [0.1, 0.15) is 47.6 Å². The predicted molar refractivity (Wildman–Crippen MR) is 489 cm³/mol. The predicted octanol–water partition coefficient (Wildman–Crippen LogP) is 16.5. The van der Waals surface area contributed by atoms with Crippen molar-refractivity contribution < 1.29 is 67.3 Å². The minimum atomic E-state index is -0.797. The number of H-pyrrole nitrogens is 3. The van der Waals surface area contributed by atoms with Gasteiger partial charge in [-0.3, -0.25) is 43.2 Å². The van der Waals surface area contributed by atoms with E-state index in [1.165, 1.54) is 7.11 Å². The molecule has 14 rings (SSSR count). The number of anilines is 1. The number of hydrogen-bond donors (Lipinski definition) is 7. The second-order valence-electron chi connectivity index (χ2n) is 35.9. The molecule has 7 heterocycles. The molecule has 3 aromatic heterocycles.